The molecule has 0 atom stereocenters. The Labute approximate surface area is 107 Å². The summed E-state index contributed by atoms with van der Waals surface area (Å²) in [5.41, 5.74) is 0.121. The number of phenolic OH excluding ortho intramolecular Hbond substituents is 1. The highest BCUT2D eigenvalue weighted by atomic mass is 35.5. The number of hydrogen-bond acceptors (Lipinski definition) is 3. The molecule has 5 nitrogen and oxygen atoms in total. The minimum atomic E-state index is -0.486. The average Bonchev–Trinajstić information content (AvgIpc) is 2.32. The molecule has 0 aliphatic rings. The van der Waals surface area contributed by atoms with Gasteiger partial charge in [-0.25, -0.2) is 0 Å². The predicted molar refractivity (Wildman–Crippen MR) is 68.1 cm³/mol. The monoisotopic (exact) mass is 264 g/mol. The van der Waals surface area contributed by atoms with Gasteiger partial charge >= 0.3 is 0 Å². The quantitative estimate of drug-likeness (QED) is 0.726. The summed E-state index contributed by atoms with van der Waals surface area (Å²) < 4.78 is 0. The molecule has 1 aromatic carbocycles. The second-order valence-corrected chi connectivity index (χ2v) is 3.95. The van der Waals surface area contributed by atoms with Crippen molar-refractivity contribution in [2.45, 2.75) is 0 Å². The molecular formula is C12H9ClN2O3. The molecule has 0 aliphatic carbocycles. The van der Waals surface area contributed by atoms with E-state index in [2.05, 4.69) is 10.3 Å². The van der Waals surface area contributed by atoms with Crippen LogP contribution < -0.4 is 10.9 Å². The van der Waals surface area contributed by atoms with Crippen LogP contribution in [0.1, 0.15) is 10.5 Å². The number of H-pyrrole nitrogens is 1. The lowest BCUT2D eigenvalue weighted by atomic mass is 10.2. The van der Waals surface area contributed by atoms with Gasteiger partial charge in [0.25, 0.3) is 5.91 Å². The summed E-state index contributed by atoms with van der Waals surface area (Å²) >= 11 is 5.85. The van der Waals surface area contributed by atoms with Gasteiger partial charge in [0.15, 0.2) is 0 Å². The average molecular weight is 265 g/mol. The SMILES string of the molecule is O=C(Nc1ccc(O)cc1Cl)c1cccc(=O)[nH]1. The first-order valence-electron chi connectivity index (χ1n) is 5.05. The zero-order valence-corrected chi connectivity index (χ0v) is 9.86. The van der Waals surface area contributed by atoms with Crippen LogP contribution in [0.4, 0.5) is 5.69 Å². The number of anilines is 1. The van der Waals surface area contributed by atoms with E-state index in [9.17, 15) is 14.7 Å². The van der Waals surface area contributed by atoms with E-state index in [0.29, 0.717) is 5.69 Å². The molecule has 1 amide bonds. The zero-order valence-electron chi connectivity index (χ0n) is 9.11. The van der Waals surface area contributed by atoms with Crippen molar-refractivity contribution in [3.63, 3.8) is 0 Å². The molecule has 3 N–H and O–H groups in total. The number of aromatic nitrogens is 1. The Kier molecular flexibility index (Phi) is 3.34. The minimum Gasteiger partial charge on any atom is -0.508 e. The number of carbonyl (C=O) groups is 1. The zero-order chi connectivity index (χ0) is 13.1. The molecule has 2 aromatic rings. The van der Waals surface area contributed by atoms with Crippen molar-refractivity contribution in [1.29, 1.82) is 0 Å². The Morgan fingerprint density at radius 3 is 2.72 bits per heavy atom. The highest BCUT2D eigenvalue weighted by molar-refractivity contribution is 6.34. The lowest BCUT2D eigenvalue weighted by Crippen LogP contribution is -2.18. The van der Waals surface area contributed by atoms with E-state index < -0.39 is 5.91 Å². The number of hydrogen-bond donors (Lipinski definition) is 3. The van der Waals surface area contributed by atoms with Gasteiger partial charge in [-0.1, -0.05) is 17.7 Å². The summed E-state index contributed by atoms with van der Waals surface area (Å²) in [5.74, 6) is -0.480. The molecule has 0 saturated heterocycles. The number of nitrogens with one attached hydrogen (secondary N) is 2. The van der Waals surface area contributed by atoms with E-state index in [1.807, 2.05) is 0 Å². The van der Waals surface area contributed by atoms with Gasteiger partial charge in [-0.2, -0.15) is 0 Å². The van der Waals surface area contributed by atoms with Gasteiger partial charge in [0.2, 0.25) is 5.56 Å². The standard InChI is InChI=1S/C12H9ClN2O3/c13-8-6-7(16)4-5-9(8)15-12(18)10-2-1-3-11(17)14-10/h1-6,16H,(H,14,17)(H,15,18). The van der Waals surface area contributed by atoms with Crippen LogP contribution in [-0.2, 0) is 0 Å². The van der Waals surface area contributed by atoms with Gasteiger partial charge in [-0.05, 0) is 18.2 Å². The smallest absolute Gasteiger partial charge is 0.272 e. The second-order valence-electron chi connectivity index (χ2n) is 3.55. The fourth-order valence-electron chi connectivity index (χ4n) is 1.38. The summed E-state index contributed by atoms with van der Waals surface area (Å²) in [7, 11) is 0. The molecule has 0 saturated carbocycles. The molecule has 1 heterocycles. The first-order valence-corrected chi connectivity index (χ1v) is 5.43. The Bertz CT molecular complexity index is 652. The summed E-state index contributed by atoms with van der Waals surface area (Å²) in [5, 5.41) is 11.9. The van der Waals surface area contributed by atoms with Crippen molar-refractivity contribution < 1.29 is 9.90 Å². The Morgan fingerprint density at radius 2 is 2.06 bits per heavy atom. The third-order valence-corrected chi connectivity index (χ3v) is 2.53. The molecule has 0 spiro atoms. The first kappa shape index (κ1) is 12.2. The van der Waals surface area contributed by atoms with Crippen molar-refractivity contribution in [3.8, 4) is 5.75 Å². The Balaban J connectivity index is 2.24. The van der Waals surface area contributed by atoms with E-state index in [-0.39, 0.29) is 22.0 Å². The number of amides is 1. The maximum atomic E-state index is 11.8. The predicted octanol–water partition coefficient (Wildman–Crippen LogP) is 1.99. The second kappa shape index (κ2) is 4.93. The van der Waals surface area contributed by atoms with E-state index in [4.69, 9.17) is 11.6 Å². The van der Waals surface area contributed by atoms with E-state index in [1.165, 1.54) is 36.4 Å². The molecule has 0 radical (unpaired) electrons. The third-order valence-electron chi connectivity index (χ3n) is 2.21. The maximum absolute atomic E-state index is 11.8. The molecule has 18 heavy (non-hydrogen) atoms. The van der Waals surface area contributed by atoms with Crippen LogP contribution in [0, 0.1) is 0 Å². The van der Waals surface area contributed by atoms with Gasteiger partial charge in [0, 0.05) is 12.1 Å². The molecule has 0 bridgehead atoms. The lowest BCUT2D eigenvalue weighted by Gasteiger charge is -2.07. The van der Waals surface area contributed by atoms with E-state index >= 15 is 0 Å². The number of aromatic hydroxyl groups is 1. The fraction of sp³-hybridized carbons (Fsp3) is 0. The third kappa shape index (κ3) is 2.70. The Morgan fingerprint density at radius 1 is 1.28 bits per heavy atom. The van der Waals surface area contributed by atoms with Crippen molar-refractivity contribution in [2.24, 2.45) is 0 Å². The molecular weight excluding hydrogens is 256 g/mol. The highest BCUT2D eigenvalue weighted by Gasteiger charge is 2.09. The van der Waals surface area contributed by atoms with Crippen LogP contribution >= 0.6 is 11.6 Å². The number of carbonyl (C=O) groups excluding carboxylic acids is 1. The normalized spacial score (nSPS) is 10.1. The summed E-state index contributed by atoms with van der Waals surface area (Å²) in [6.07, 6.45) is 0. The molecule has 0 aliphatic heterocycles. The van der Waals surface area contributed by atoms with Gasteiger partial charge < -0.3 is 15.4 Å². The van der Waals surface area contributed by atoms with Crippen LogP contribution in [0.25, 0.3) is 0 Å². The van der Waals surface area contributed by atoms with Crippen LogP contribution in [0.15, 0.2) is 41.2 Å². The molecule has 1 aromatic heterocycles. The van der Waals surface area contributed by atoms with Crippen molar-refractivity contribution in [2.75, 3.05) is 5.32 Å². The molecule has 2 rings (SSSR count). The minimum absolute atomic E-state index is 0.00566. The topological polar surface area (TPSA) is 82.2 Å². The van der Waals surface area contributed by atoms with Crippen molar-refractivity contribution >= 4 is 23.2 Å². The summed E-state index contributed by atoms with van der Waals surface area (Å²) in [6, 6.07) is 8.44. The van der Waals surface area contributed by atoms with Crippen LogP contribution in [-0.4, -0.2) is 16.0 Å². The van der Waals surface area contributed by atoms with Gasteiger partial charge in [-0.3, -0.25) is 9.59 Å². The number of rotatable bonds is 2. The summed E-state index contributed by atoms with van der Waals surface area (Å²) in [4.78, 5) is 25.3. The fourth-order valence-corrected chi connectivity index (χ4v) is 1.60. The number of benzene rings is 1. The lowest BCUT2D eigenvalue weighted by molar-refractivity contribution is 0.102. The Hall–Kier alpha value is -2.27. The molecule has 6 heteroatoms. The van der Waals surface area contributed by atoms with Crippen LogP contribution in [0.3, 0.4) is 0 Å². The number of pyridine rings is 1. The molecule has 0 fully saturated rings. The number of aromatic amines is 1. The van der Waals surface area contributed by atoms with Crippen LogP contribution in [0.5, 0.6) is 5.75 Å². The first-order chi connectivity index (χ1) is 8.56. The molecule has 0 unspecified atom stereocenters. The van der Waals surface area contributed by atoms with E-state index in [1.54, 1.807) is 0 Å². The van der Waals surface area contributed by atoms with Crippen molar-refractivity contribution in [3.05, 3.63) is 57.5 Å². The number of halogens is 1. The van der Waals surface area contributed by atoms with Gasteiger partial charge in [0.05, 0.1) is 10.7 Å². The highest BCUT2D eigenvalue weighted by Crippen LogP contribution is 2.26. The van der Waals surface area contributed by atoms with Crippen LogP contribution in [0.2, 0.25) is 5.02 Å². The maximum Gasteiger partial charge on any atom is 0.272 e. The van der Waals surface area contributed by atoms with Crippen molar-refractivity contribution in [1.82, 2.24) is 4.98 Å². The van der Waals surface area contributed by atoms with Gasteiger partial charge in [0.1, 0.15) is 11.4 Å². The van der Waals surface area contributed by atoms with E-state index in [0.717, 1.165) is 0 Å². The molecule has 92 valence electrons. The summed E-state index contributed by atoms with van der Waals surface area (Å²) in [6.45, 7) is 0. The number of phenols is 1. The van der Waals surface area contributed by atoms with Gasteiger partial charge in [-0.15, -0.1) is 0 Å². The largest absolute Gasteiger partial charge is 0.508 e.